The van der Waals surface area contributed by atoms with Crippen LogP contribution in [0.1, 0.15) is 0 Å². The molecule has 0 amide bonds. The molecule has 182 valence electrons. The predicted molar refractivity (Wildman–Crippen MR) is 20.7 cm³/mol. The van der Waals surface area contributed by atoms with Crippen LogP contribution in [0.15, 0.2) is 0 Å². The molecule has 0 aromatic carbocycles. The van der Waals surface area contributed by atoms with E-state index in [1.54, 1.807) is 0 Å². The molecule has 0 bridgehead atoms. The molecule has 0 aromatic rings. The summed E-state index contributed by atoms with van der Waals surface area (Å²) >= 11 is -27.6. The Morgan fingerprint density at radius 3 is 0.290 bits per heavy atom. The number of hydrogen-bond donors (Lipinski definition) is 0. The van der Waals surface area contributed by atoms with E-state index < -0.39 is 108 Å². The van der Waals surface area contributed by atoms with Gasteiger partial charge in [0, 0.05) is 21.1 Å². The van der Waals surface area contributed by atoms with Crippen molar-refractivity contribution in [1.29, 1.82) is 0 Å². The van der Waals surface area contributed by atoms with Crippen LogP contribution in [0.3, 0.4) is 0 Å². The first-order valence-electron chi connectivity index (χ1n) is 3.83. The van der Waals surface area contributed by atoms with E-state index in [9.17, 15) is 0 Å². The van der Waals surface area contributed by atoms with Crippen molar-refractivity contribution >= 4 is 9.90 Å². The number of rotatable bonds is 0. The van der Waals surface area contributed by atoms with Crippen molar-refractivity contribution in [3.8, 4) is 0 Å². The maximum absolute atomic E-state index is 8.56. The fourth-order valence-corrected chi connectivity index (χ4v) is 0. The second-order valence-electron chi connectivity index (χ2n) is 1.57. The molecular formula is H3KMoO21PV7-6. The van der Waals surface area contributed by atoms with E-state index in [-0.39, 0.29) is 82.3 Å². The van der Waals surface area contributed by atoms with Crippen LogP contribution in [-0.2, 0) is 180 Å². The Bertz CT molecular complexity index is 577. The van der Waals surface area contributed by atoms with Gasteiger partial charge in [0.1, 0.15) is 0 Å². The summed E-state index contributed by atoms with van der Waals surface area (Å²) in [6, 6.07) is 0. The van der Waals surface area contributed by atoms with Crippen molar-refractivity contribution < 1.29 is 260 Å². The van der Waals surface area contributed by atoms with E-state index in [0.29, 0.717) is 0 Å². The van der Waals surface area contributed by atoms with Crippen LogP contribution in [0, 0.1) is 0 Å². The van der Waals surface area contributed by atoms with E-state index in [2.05, 4.69) is 0 Å². The molecule has 0 aliphatic heterocycles. The van der Waals surface area contributed by atoms with Gasteiger partial charge in [0.15, 0.2) is 0 Å². The van der Waals surface area contributed by atoms with Crippen molar-refractivity contribution in [2.45, 2.75) is 0 Å². The molecule has 31 heavy (non-hydrogen) atoms. The summed E-state index contributed by atoms with van der Waals surface area (Å²) in [7, 11) is 0. The van der Waals surface area contributed by atoms with Gasteiger partial charge in [-0.1, -0.05) is 0 Å². The summed E-state index contributed by atoms with van der Waals surface area (Å²) in [5.74, 6) is 0. The zero-order chi connectivity index (χ0) is 25.0. The zero-order valence-corrected chi connectivity index (χ0v) is 30.1. The van der Waals surface area contributed by atoms with Gasteiger partial charge in [-0.15, -0.1) is 0 Å². The standard InChI is InChI=1S/K.Mo.21O.H3P.7V/h;;;;;;;;;;;;;;;;;;;;;;;1H3;;;;;;;/q+1;;;;;;;;;;;;;;;;7*-1;;;;;;;;. The molecule has 31 heteroatoms. The Labute approximate surface area is 264 Å². The molecule has 0 aliphatic carbocycles. The first kappa shape index (κ1) is 64.6. The van der Waals surface area contributed by atoms with Crippen LogP contribution in [0.5, 0.6) is 0 Å². The van der Waals surface area contributed by atoms with E-state index in [1.165, 1.54) is 0 Å². The van der Waals surface area contributed by atoms with Crippen molar-refractivity contribution in [2.24, 2.45) is 0 Å². The minimum absolute atomic E-state index is 0. The Morgan fingerprint density at radius 1 is 0.290 bits per heavy atom. The molecule has 1 atom stereocenters. The van der Waals surface area contributed by atoms with Gasteiger partial charge in [-0.25, -0.2) is 0 Å². The third-order valence-electron chi connectivity index (χ3n) is 0. The third kappa shape index (κ3) is 2400. The number of hydrogen-bond acceptors (Lipinski definition) is 21. The topological polar surface area (TPSA) is 400 Å². The normalized spacial score (nSPS) is 5.65. The van der Waals surface area contributed by atoms with Gasteiger partial charge < -0.3 is 0 Å². The molecule has 0 saturated carbocycles. The van der Waals surface area contributed by atoms with Gasteiger partial charge in [0.2, 0.25) is 0 Å². The summed E-state index contributed by atoms with van der Waals surface area (Å²) < 4.78 is 180. The van der Waals surface area contributed by atoms with Gasteiger partial charge in [0.05, 0.1) is 0 Å². The third-order valence-corrected chi connectivity index (χ3v) is 0. The Morgan fingerprint density at radius 2 is 0.290 bits per heavy atom. The van der Waals surface area contributed by atoms with Gasteiger partial charge in [-0.2, -0.15) is 9.90 Å². The first-order valence-corrected chi connectivity index (χ1v) is 15.8. The molecule has 0 aromatic heterocycles. The van der Waals surface area contributed by atoms with Crippen LogP contribution in [0.25, 0.3) is 0 Å². The second-order valence-corrected chi connectivity index (χ2v) is 6.45. The van der Waals surface area contributed by atoms with Crippen LogP contribution in [-0.4, -0.2) is 0 Å². The van der Waals surface area contributed by atoms with Gasteiger partial charge in [0.25, 0.3) is 0 Å². The van der Waals surface area contributed by atoms with E-state index in [4.69, 9.17) is 79.7 Å². The molecular weight excluding hydrogens is 859 g/mol. The molecule has 0 heterocycles. The molecule has 0 saturated heterocycles. The molecule has 0 radical (unpaired) electrons. The van der Waals surface area contributed by atoms with Crippen LogP contribution in [0.4, 0.5) is 0 Å². The van der Waals surface area contributed by atoms with Gasteiger partial charge >= 0.3 is 239 Å². The molecule has 0 rings (SSSR count). The van der Waals surface area contributed by atoms with Crippen LogP contribution < -0.4 is 79.6 Å². The van der Waals surface area contributed by atoms with E-state index in [0.717, 1.165) is 0 Å². The van der Waals surface area contributed by atoms with Crippen LogP contribution >= 0.6 is 9.90 Å². The SMILES string of the molecule is P.[K+].[Mo].[O]=[V](=[O])[O-].[O]=[V](=[O])[O-].[O]=[V](=[O])[O-].[O]=[V](=[O])[O-].[O]=[V](=[O])[O-].[O]=[V](=[O])[O-].[O]=[V](=[O])[O-]. The monoisotopic (exact) mass is 863 g/mol. The second kappa shape index (κ2) is 59.1. The summed E-state index contributed by atoms with van der Waals surface area (Å²) in [5.41, 5.74) is 0. The molecule has 21 nitrogen and oxygen atoms in total. The van der Waals surface area contributed by atoms with Crippen molar-refractivity contribution in [2.75, 3.05) is 0 Å². The Kier molecular flexibility index (Phi) is 123. The summed E-state index contributed by atoms with van der Waals surface area (Å²) in [6.45, 7) is 0. The quantitative estimate of drug-likeness (QED) is 0.161. The minimum atomic E-state index is -3.94. The van der Waals surface area contributed by atoms with Gasteiger partial charge in [-0.3, -0.25) is 0 Å². The summed E-state index contributed by atoms with van der Waals surface area (Å²) in [6.07, 6.45) is 0. The van der Waals surface area contributed by atoms with E-state index in [1.807, 2.05) is 0 Å². The Hall–Kier alpha value is 3.77. The van der Waals surface area contributed by atoms with Crippen molar-refractivity contribution in [1.82, 2.24) is 0 Å². The molecule has 0 N–H and O–H groups in total. The maximum atomic E-state index is 8.56. The fraction of sp³-hybridized carbons (Fsp3) is 0. The fourth-order valence-electron chi connectivity index (χ4n) is 0. The summed E-state index contributed by atoms with van der Waals surface area (Å²) in [5, 5.41) is 0. The Balaban J connectivity index is -0.0000000204. The molecule has 0 aliphatic rings. The predicted octanol–water partition coefficient (Wildman–Crippen LogP) is -12.9. The average molecular weight is 862 g/mol. The molecule has 1 unspecified atom stereocenters. The van der Waals surface area contributed by atoms with Gasteiger partial charge in [-0.05, 0) is 0 Å². The first-order chi connectivity index (χ1) is 12.1. The molecule has 0 spiro atoms. The van der Waals surface area contributed by atoms with Crippen LogP contribution in [0.2, 0.25) is 0 Å². The van der Waals surface area contributed by atoms with E-state index >= 15 is 0 Å². The molecule has 0 fully saturated rings. The van der Waals surface area contributed by atoms with Crippen molar-refractivity contribution in [3.05, 3.63) is 0 Å². The zero-order valence-electron chi connectivity index (χ0n) is 13.8. The summed E-state index contributed by atoms with van der Waals surface area (Å²) in [4.78, 5) is 0. The average Bonchev–Trinajstić information content (AvgIpc) is 2.20. The van der Waals surface area contributed by atoms with Crippen molar-refractivity contribution in [3.63, 3.8) is 0 Å².